The largest absolute Gasteiger partial charge is 0.504 e. The molecule has 1 aromatic heterocycles. The molecular formula is C18H14O4. The van der Waals surface area contributed by atoms with Crippen LogP contribution in [0.25, 0.3) is 23.1 Å². The van der Waals surface area contributed by atoms with Crippen LogP contribution in [0.1, 0.15) is 16.7 Å². The molecular weight excluding hydrogens is 280 g/mol. The van der Waals surface area contributed by atoms with Gasteiger partial charge in [0.2, 0.25) is 0 Å². The van der Waals surface area contributed by atoms with E-state index in [0.29, 0.717) is 16.5 Å². The second kappa shape index (κ2) is 5.41. The summed E-state index contributed by atoms with van der Waals surface area (Å²) in [5.74, 6) is -0.564. The zero-order valence-electron chi connectivity index (χ0n) is 11.9. The van der Waals surface area contributed by atoms with Crippen LogP contribution in [0, 0.1) is 6.92 Å². The van der Waals surface area contributed by atoms with E-state index in [-0.39, 0.29) is 17.1 Å². The Hall–Kier alpha value is -3.01. The number of aryl methyl sites for hydroxylation is 1. The molecule has 0 amide bonds. The van der Waals surface area contributed by atoms with Gasteiger partial charge in [-0.25, -0.2) is 4.79 Å². The lowest BCUT2D eigenvalue weighted by Crippen LogP contribution is -1.99. The van der Waals surface area contributed by atoms with Crippen molar-refractivity contribution in [2.75, 3.05) is 0 Å². The molecule has 4 nitrogen and oxygen atoms in total. The maximum Gasteiger partial charge on any atom is 0.336 e. The van der Waals surface area contributed by atoms with Gasteiger partial charge in [-0.1, -0.05) is 36.4 Å². The molecule has 2 N–H and O–H groups in total. The third-order valence-corrected chi connectivity index (χ3v) is 3.46. The highest BCUT2D eigenvalue weighted by Crippen LogP contribution is 2.37. The maximum absolute atomic E-state index is 11.5. The summed E-state index contributed by atoms with van der Waals surface area (Å²) in [6.45, 7) is 1.76. The van der Waals surface area contributed by atoms with E-state index in [0.717, 1.165) is 5.56 Å². The maximum atomic E-state index is 11.5. The Morgan fingerprint density at radius 1 is 1.05 bits per heavy atom. The van der Waals surface area contributed by atoms with Crippen molar-refractivity contribution in [2.24, 2.45) is 0 Å². The second-order valence-corrected chi connectivity index (χ2v) is 5.02. The van der Waals surface area contributed by atoms with Gasteiger partial charge in [-0.2, -0.15) is 0 Å². The zero-order valence-corrected chi connectivity index (χ0v) is 11.9. The fourth-order valence-electron chi connectivity index (χ4n) is 2.43. The Labute approximate surface area is 126 Å². The number of fused-ring (bicyclic) bond motifs is 1. The highest BCUT2D eigenvalue weighted by molar-refractivity contribution is 5.96. The van der Waals surface area contributed by atoms with Gasteiger partial charge >= 0.3 is 5.63 Å². The van der Waals surface area contributed by atoms with Gasteiger partial charge in [-0.15, -0.1) is 0 Å². The molecule has 110 valence electrons. The third-order valence-electron chi connectivity index (χ3n) is 3.46. The van der Waals surface area contributed by atoms with Crippen LogP contribution in [0.2, 0.25) is 0 Å². The number of hydrogen-bond acceptors (Lipinski definition) is 4. The van der Waals surface area contributed by atoms with E-state index in [4.69, 9.17) is 4.42 Å². The molecule has 0 radical (unpaired) electrons. The average molecular weight is 294 g/mol. The van der Waals surface area contributed by atoms with E-state index in [9.17, 15) is 15.0 Å². The summed E-state index contributed by atoms with van der Waals surface area (Å²) < 4.78 is 5.11. The summed E-state index contributed by atoms with van der Waals surface area (Å²) in [6.07, 6.45) is 3.51. The van der Waals surface area contributed by atoms with Crippen LogP contribution in [-0.2, 0) is 0 Å². The lowest BCUT2D eigenvalue weighted by molar-refractivity contribution is 0.402. The molecule has 0 saturated carbocycles. The summed E-state index contributed by atoms with van der Waals surface area (Å²) in [4.78, 5) is 11.5. The molecule has 22 heavy (non-hydrogen) atoms. The number of benzene rings is 2. The fraction of sp³-hybridized carbons (Fsp3) is 0.0556. The quantitative estimate of drug-likeness (QED) is 0.429. The molecule has 3 aromatic rings. The summed E-state index contributed by atoms with van der Waals surface area (Å²) in [5.41, 5.74) is 1.80. The van der Waals surface area contributed by atoms with Crippen LogP contribution in [0.4, 0.5) is 0 Å². The van der Waals surface area contributed by atoms with Crippen LogP contribution >= 0.6 is 0 Å². The molecule has 0 fully saturated rings. The van der Waals surface area contributed by atoms with Crippen LogP contribution in [0.3, 0.4) is 0 Å². The summed E-state index contributed by atoms with van der Waals surface area (Å²) in [6, 6.07) is 12.2. The number of hydrogen-bond donors (Lipinski definition) is 2. The topological polar surface area (TPSA) is 70.7 Å². The Kier molecular flexibility index (Phi) is 3.43. The van der Waals surface area contributed by atoms with Crippen LogP contribution in [-0.4, -0.2) is 10.2 Å². The standard InChI is InChI=1S/C18H14O4/c1-11-9-16(20)22-15-10-14(19)18(21)13(17(11)15)8-7-12-5-3-2-4-6-12/h2-10,19,21H,1H3. The minimum Gasteiger partial charge on any atom is -0.504 e. The first-order valence-electron chi connectivity index (χ1n) is 6.79. The van der Waals surface area contributed by atoms with E-state index < -0.39 is 5.63 Å². The van der Waals surface area contributed by atoms with Crippen molar-refractivity contribution >= 4 is 23.1 Å². The second-order valence-electron chi connectivity index (χ2n) is 5.02. The van der Waals surface area contributed by atoms with Crippen molar-refractivity contribution in [1.29, 1.82) is 0 Å². The molecule has 0 atom stereocenters. The molecule has 0 bridgehead atoms. The Morgan fingerprint density at radius 3 is 2.50 bits per heavy atom. The number of phenolic OH excluding ortho intramolecular Hbond substituents is 2. The summed E-state index contributed by atoms with van der Waals surface area (Å²) in [7, 11) is 0. The molecule has 3 rings (SSSR count). The van der Waals surface area contributed by atoms with Gasteiger partial charge in [0.1, 0.15) is 5.58 Å². The molecule has 1 heterocycles. The van der Waals surface area contributed by atoms with Gasteiger partial charge in [0.25, 0.3) is 0 Å². The Morgan fingerprint density at radius 2 is 1.77 bits per heavy atom. The van der Waals surface area contributed by atoms with E-state index in [1.165, 1.54) is 12.1 Å². The van der Waals surface area contributed by atoms with Crippen LogP contribution in [0.5, 0.6) is 11.5 Å². The summed E-state index contributed by atoms with van der Waals surface area (Å²) >= 11 is 0. The van der Waals surface area contributed by atoms with Gasteiger partial charge in [0.15, 0.2) is 11.5 Å². The SMILES string of the molecule is Cc1cc(=O)oc2cc(O)c(O)c(C=Cc3ccccc3)c12. The molecule has 2 aromatic carbocycles. The minimum absolute atomic E-state index is 0.239. The van der Waals surface area contributed by atoms with Gasteiger partial charge in [-0.3, -0.25) is 0 Å². The van der Waals surface area contributed by atoms with E-state index in [2.05, 4.69) is 0 Å². The van der Waals surface area contributed by atoms with Gasteiger partial charge < -0.3 is 14.6 Å². The third kappa shape index (κ3) is 2.46. The smallest absolute Gasteiger partial charge is 0.336 e. The van der Waals surface area contributed by atoms with Crippen LogP contribution < -0.4 is 5.63 Å². The van der Waals surface area contributed by atoms with Gasteiger partial charge in [0.05, 0.1) is 0 Å². The van der Waals surface area contributed by atoms with Crippen molar-refractivity contribution in [3.8, 4) is 11.5 Å². The highest BCUT2D eigenvalue weighted by Gasteiger charge is 2.14. The predicted molar refractivity (Wildman–Crippen MR) is 85.9 cm³/mol. The Bertz CT molecular complexity index is 921. The van der Waals surface area contributed by atoms with Crippen molar-refractivity contribution < 1.29 is 14.6 Å². The fourth-order valence-corrected chi connectivity index (χ4v) is 2.43. The van der Waals surface area contributed by atoms with Crippen molar-refractivity contribution in [3.05, 3.63) is 69.6 Å². The number of phenols is 2. The van der Waals surface area contributed by atoms with Gasteiger partial charge in [-0.05, 0) is 24.1 Å². The molecule has 4 heteroatoms. The normalized spacial score (nSPS) is 11.3. The van der Waals surface area contributed by atoms with E-state index in [1.54, 1.807) is 13.0 Å². The Balaban J connectivity index is 2.26. The van der Waals surface area contributed by atoms with Gasteiger partial charge in [0, 0.05) is 23.1 Å². The van der Waals surface area contributed by atoms with Crippen LogP contribution in [0.15, 0.2) is 51.7 Å². The number of aromatic hydroxyl groups is 2. The molecule has 0 aliphatic rings. The lowest BCUT2D eigenvalue weighted by atomic mass is 10.0. The lowest BCUT2D eigenvalue weighted by Gasteiger charge is -2.08. The van der Waals surface area contributed by atoms with E-state index >= 15 is 0 Å². The first kappa shape index (κ1) is 13.9. The molecule has 0 unspecified atom stereocenters. The van der Waals surface area contributed by atoms with Crippen molar-refractivity contribution in [2.45, 2.75) is 6.92 Å². The van der Waals surface area contributed by atoms with Crippen molar-refractivity contribution in [1.82, 2.24) is 0 Å². The van der Waals surface area contributed by atoms with Crippen molar-refractivity contribution in [3.63, 3.8) is 0 Å². The summed E-state index contributed by atoms with van der Waals surface area (Å²) in [5, 5.41) is 20.6. The minimum atomic E-state index is -0.493. The first-order valence-corrected chi connectivity index (χ1v) is 6.79. The zero-order chi connectivity index (χ0) is 15.7. The molecule has 0 aliphatic carbocycles. The monoisotopic (exact) mass is 294 g/mol. The molecule has 0 aliphatic heterocycles. The predicted octanol–water partition coefficient (Wildman–Crippen LogP) is 3.68. The average Bonchev–Trinajstić information content (AvgIpc) is 2.49. The highest BCUT2D eigenvalue weighted by atomic mass is 16.4. The molecule has 0 saturated heterocycles. The number of rotatable bonds is 2. The molecule has 0 spiro atoms. The van der Waals surface area contributed by atoms with E-state index in [1.807, 2.05) is 36.4 Å². The first-order chi connectivity index (χ1) is 10.6.